The highest BCUT2D eigenvalue weighted by atomic mass is 16.5. The standard InChI is InChI=1S/C24H29N3O3/c1-16(28)25-20-4-2-18(3-5-20)22-6-7-23(29)27-14-17-12-19(24(22)27)15-26(13-17)21-8-10-30-11-9-21/h2-7,17,19,21H,8-15H2,1H3,(H,25,28). The number of anilines is 1. The van der Waals surface area contributed by atoms with Crippen molar-refractivity contribution in [1.29, 1.82) is 0 Å². The molecule has 5 rings (SSSR count). The van der Waals surface area contributed by atoms with E-state index >= 15 is 0 Å². The van der Waals surface area contributed by atoms with Crippen molar-refractivity contribution in [3.8, 4) is 11.1 Å². The minimum atomic E-state index is -0.0761. The Bertz CT molecular complexity index is 992. The van der Waals surface area contributed by atoms with E-state index in [-0.39, 0.29) is 11.5 Å². The minimum Gasteiger partial charge on any atom is -0.381 e. The van der Waals surface area contributed by atoms with Crippen molar-refractivity contribution in [2.24, 2.45) is 5.92 Å². The molecule has 6 nitrogen and oxygen atoms in total. The fourth-order valence-electron chi connectivity index (χ4n) is 5.58. The number of rotatable bonds is 3. The monoisotopic (exact) mass is 407 g/mol. The van der Waals surface area contributed by atoms with E-state index in [2.05, 4.69) is 10.2 Å². The van der Waals surface area contributed by atoms with Crippen molar-refractivity contribution >= 4 is 11.6 Å². The molecule has 1 amide bonds. The second-order valence-corrected chi connectivity index (χ2v) is 8.94. The highest BCUT2D eigenvalue weighted by Gasteiger charge is 2.38. The molecule has 2 atom stereocenters. The maximum absolute atomic E-state index is 12.7. The van der Waals surface area contributed by atoms with Gasteiger partial charge < -0.3 is 14.6 Å². The number of ether oxygens (including phenoxy) is 1. The van der Waals surface area contributed by atoms with Gasteiger partial charge in [0.1, 0.15) is 0 Å². The molecule has 2 saturated heterocycles. The van der Waals surface area contributed by atoms with Crippen molar-refractivity contribution in [3.05, 3.63) is 52.4 Å². The molecule has 1 aromatic carbocycles. The second kappa shape index (κ2) is 8.00. The molecule has 3 aliphatic rings. The van der Waals surface area contributed by atoms with Crippen molar-refractivity contribution in [1.82, 2.24) is 9.47 Å². The van der Waals surface area contributed by atoms with E-state index in [0.29, 0.717) is 17.9 Å². The van der Waals surface area contributed by atoms with Gasteiger partial charge in [0.2, 0.25) is 5.91 Å². The number of hydrogen-bond acceptors (Lipinski definition) is 4. The van der Waals surface area contributed by atoms with Crippen LogP contribution in [0.2, 0.25) is 0 Å². The summed E-state index contributed by atoms with van der Waals surface area (Å²) in [6.45, 7) is 6.14. The lowest BCUT2D eigenvalue weighted by Crippen LogP contribution is -2.51. The Morgan fingerprint density at radius 2 is 1.80 bits per heavy atom. The molecule has 30 heavy (non-hydrogen) atoms. The van der Waals surface area contributed by atoms with Gasteiger partial charge in [-0.25, -0.2) is 0 Å². The van der Waals surface area contributed by atoms with E-state index in [0.717, 1.165) is 68.9 Å². The summed E-state index contributed by atoms with van der Waals surface area (Å²) in [5.74, 6) is 0.835. The molecule has 4 heterocycles. The third-order valence-corrected chi connectivity index (χ3v) is 6.84. The first-order valence-electron chi connectivity index (χ1n) is 11.0. The zero-order chi connectivity index (χ0) is 20.7. The summed E-state index contributed by atoms with van der Waals surface area (Å²) in [6, 6.07) is 12.2. The lowest BCUT2D eigenvalue weighted by atomic mass is 9.79. The maximum Gasteiger partial charge on any atom is 0.250 e. The molecule has 6 heteroatoms. The van der Waals surface area contributed by atoms with Gasteiger partial charge >= 0.3 is 0 Å². The first-order valence-corrected chi connectivity index (χ1v) is 11.0. The van der Waals surface area contributed by atoms with E-state index in [9.17, 15) is 9.59 Å². The van der Waals surface area contributed by atoms with Crippen LogP contribution in [0, 0.1) is 5.92 Å². The number of benzene rings is 1. The minimum absolute atomic E-state index is 0.0761. The number of aromatic nitrogens is 1. The molecular formula is C24H29N3O3. The lowest BCUT2D eigenvalue weighted by molar-refractivity contribution is -0.114. The average Bonchev–Trinajstić information content (AvgIpc) is 2.75. The molecule has 2 unspecified atom stereocenters. The summed E-state index contributed by atoms with van der Waals surface area (Å²) >= 11 is 0. The van der Waals surface area contributed by atoms with Crippen molar-refractivity contribution in [2.45, 2.75) is 44.7 Å². The lowest BCUT2D eigenvalue weighted by Gasteiger charge is -2.47. The number of nitrogens with zero attached hydrogens (tertiary/aromatic N) is 2. The van der Waals surface area contributed by atoms with Crippen LogP contribution in [0.15, 0.2) is 41.2 Å². The van der Waals surface area contributed by atoms with Crippen LogP contribution in [0.3, 0.4) is 0 Å². The summed E-state index contributed by atoms with van der Waals surface area (Å²) in [5.41, 5.74) is 4.31. The van der Waals surface area contributed by atoms with E-state index in [1.807, 2.05) is 34.9 Å². The number of carbonyl (C=O) groups is 1. The van der Waals surface area contributed by atoms with Gasteiger partial charge in [-0.05, 0) is 48.9 Å². The number of carbonyl (C=O) groups excluding carboxylic acids is 1. The Kier molecular flexibility index (Phi) is 5.21. The highest BCUT2D eigenvalue weighted by molar-refractivity contribution is 5.89. The summed E-state index contributed by atoms with van der Waals surface area (Å²) in [4.78, 5) is 26.7. The molecule has 0 spiro atoms. The van der Waals surface area contributed by atoms with Gasteiger partial charge in [-0.2, -0.15) is 0 Å². The van der Waals surface area contributed by atoms with Crippen LogP contribution >= 0.6 is 0 Å². The van der Waals surface area contributed by atoms with Gasteiger partial charge in [0.25, 0.3) is 5.56 Å². The van der Waals surface area contributed by atoms with Crippen molar-refractivity contribution in [2.75, 3.05) is 31.6 Å². The van der Waals surface area contributed by atoms with Crippen molar-refractivity contribution < 1.29 is 9.53 Å². The number of nitrogens with one attached hydrogen (secondary N) is 1. The number of piperidine rings is 1. The van der Waals surface area contributed by atoms with Crippen molar-refractivity contribution in [3.63, 3.8) is 0 Å². The molecule has 1 aromatic heterocycles. The third kappa shape index (κ3) is 3.70. The summed E-state index contributed by atoms with van der Waals surface area (Å²) in [7, 11) is 0. The Morgan fingerprint density at radius 1 is 1.03 bits per heavy atom. The quantitative estimate of drug-likeness (QED) is 0.849. The molecule has 2 bridgehead atoms. The van der Waals surface area contributed by atoms with E-state index in [4.69, 9.17) is 4.74 Å². The highest BCUT2D eigenvalue weighted by Crippen LogP contribution is 2.41. The average molecular weight is 408 g/mol. The summed E-state index contributed by atoms with van der Waals surface area (Å²) in [6.07, 6.45) is 3.37. The normalized spacial score (nSPS) is 24.3. The van der Waals surface area contributed by atoms with Crippen LogP contribution in [-0.4, -0.2) is 47.7 Å². The molecule has 0 aliphatic carbocycles. The summed E-state index contributed by atoms with van der Waals surface area (Å²) < 4.78 is 7.59. The Morgan fingerprint density at radius 3 is 2.53 bits per heavy atom. The SMILES string of the molecule is CC(=O)Nc1ccc(-c2ccc(=O)n3c2C2CC(CN(C4CCOCC4)C2)C3)cc1. The maximum atomic E-state index is 12.7. The molecule has 158 valence electrons. The van der Waals surface area contributed by atoms with Crippen LogP contribution in [0.4, 0.5) is 5.69 Å². The molecule has 3 aliphatic heterocycles. The van der Waals surface area contributed by atoms with Gasteiger partial charge in [0, 0.05) is 74.7 Å². The Balaban J connectivity index is 1.48. The van der Waals surface area contributed by atoms with Crippen LogP contribution in [0.25, 0.3) is 11.1 Å². The number of likely N-dealkylation sites (tertiary alicyclic amines) is 1. The van der Waals surface area contributed by atoms with Crippen LogP contribution in [0.5, 0.6) is 0 Å². The van der Waals surface area contributed by atoms with Gasteiger partial charge in [-0.15, -0.1) is 0 Å². The third-order valence-electron chi connectivity index (χ3n) is 6.84. The topological polar surface area (TPSA) is 63.6 Å². The van der Waals surface area contributed by atoms with Crippen LogP contribution in [-0.2, 0) is 16.1 Å². The molecule has 0 radical (unpaired) electrons. The first-order chi connectivity index (χ1) is 14.6. The molecule has 2 aromatic rings. The van der Waals surface area contributed by atoms with Crippen LogP contribution < -0.4 is 10.9 Å². The zero-order valence-electron chi connectivity index (χ0n) is 17.5. The van der Waals surface area contributed by atoms with Gasteiger partial charge in [-0.1, -0.05) is 12.1 Å². The largest absolute Gasteiger partial charge is 0.381 e. The second-order valence-electron chi connectivity index (χ2n) is 8.94. The predicted molar refractivity (Wildman–Crippen MR) is 117 cm³/mol. The Labute approximate surface area is 176 Å². The molecule has 0 saturated carbocycles. The zero-order valence-corrected chi connectivity index (χ0v) is 17.5. The number of hydrogen-bond donors (Lipinski definition) is 1. The van der Waals surface area contributed by atoms with Gasteiger partial charge in [-0.3, -0.25) is 14.5 Å². The predicted octanol–water partition coefficient (Wildman–Crippen LogP) is 3.07. The van der Waals surface area contributed by atoms with E-state index in [1.54, 1.807) is 6.07 Å². The van der Waals surface area contributed by atoms with Crippen LogP contribution in [0.1, 0.15) is 37.8 Å². The van der Waals surface area contributed by atoms with Gasteiger partial charge in [0.05, 0.1) is 0 Å². The molecule has 2 fully saturated rings. The number of amides is 1. The van der Waals surface area contributed by atoms with E-state index < -0.39 is 0 Å². The van der Waals surface area contributed by atoms with E-state index in [1.165, 1.54) is 12.6 Å². The first kappa shape index (κ1) is 19.5. The molecular weight excluding hydrogens is 378 g/mol. The van der Waals surface area contributed by atoms with Gasteiger partial charge in [0.15, 0.2) is 0 Å². The Hall–Kier alpha value is -2.44. The number of fused-ring (bicyclic) bond motifs is 4. The fraction of sp³-hybridized carbons (Fsp3) is 0.500. The smallest absolute Gasteiger partial charge is 0.250 e. The summed E-state index contributed by atoms with van der Waals surface area (Å²) in [5, 5.41) is 2.82. The number of pyridine rings is 1. The fourth-order valence-corrected chi connectivity index (χ4v) is 5.58. The molecule has 1 N–H and O–H groups in total.